The van der Waals surface area contributed by atoms with E-state index in [1.165, 1.54) is 24.3 Å². The van der Waals surface area contributed by atoms with E-state index in [4.69, 9.17) is 10.2 Å². The van der Waals surface area contributed by atoms with Crippen molar-refractivity contribution in [3.05, 3.63) is 39.9 Å². The van der Waals surface area contributed by atoms with E-state index in [1.807, 2.05) is 0 Å². The highest BCUT2D eigenvalue weighted by Gasteiger charge is 2.15. The lowest BCUT2D eigenvalue weighted by Gasteiger charge is -2.15. The lowest BCUT2D eigenvalue weighted by Crippen LogP contribution is -2.31. The van der Waals surface area contributed by atoms with Gasteiger partial charge in [0.2, 0.25) is 0 Å². The molecule has 0 amide bonds. The summed E-state index contributed by atoms with van der Waals surface area (Å²) < 4.78 is 0. The van der Waals surface area contributed by atoms with Crippen molar-refractivity contribution in [1.29, 1.82) is 0 Å². The van der Waals surface area contributed by atoms with Gasteiger partial charge < -0.3 is 15.3 Å². The number of nitrogens with zero attached hydrogens (tertiary/aromatic N) is 1. The molecule has 1 rings (SSSR count). The minimum absolute atomic E-state index is 0.0269. The van der Waals surface area contributed by atoms with Gasteiger partial charge in [0.05, 0.1) is 17.6 Å². The Morgan fingerprint density at radius 1 is 1.19 bits per heavy atom. The van der Waals surface area contributed by atoms with Crippen LogP contribution in [0.25, 0.3) is 0 Å². The third-order valence-electron chi connectivity index (χ3n) is 2.22. The van der Waals surface area contributed by atoms with Gasteiger partial charge in [-0.15, -0.1) is 0 Å². The number of hydrogen-bond donors (Lipinski definition) is 3. The van der Waals surface area contributed by atoms with Gasteiger partial charge >= 0.3 is 0 Å². The molecule has 6 nitrogen and oxygen atoms in total. The number of nitro groups is 1. The van der Waals surface area contributed by atoms with Crippen LogP contribution < -0.4 is 0 Å². The number of benzene rings is 1. The van der Waals surface area contributed by atoms with Crippen molar-refractivity contribution < 1.29 is 20.2 Å². The summed E-state index contributed by atoms with van der Waals surface area (Å²) in [5, 5.41) is 37.5. The number of hydrogen-bond acceptors (Lipinski definition) is 5. The van der Waals surface area contributed by atoms with E-state index in [0.29, 0.717) is 5.56 Å². The van der Waals surface area contributed by atoms with Crippen LogP contribution >= 0.6 is 0 Å². The maximum Gasteiger partial charge on any atom is 0.269 e. The predicted octanol–water partition coefficient (Wildman–Crippen LogP) is -0.149. The predicted molar refractivity (Wildman–Crippen MR) is 55.9 cm³/mol. The van der Waals surface area contributed by atoms with Gasteiger partial charge in [-0.05, 0) is 5.56 Å². The first-order chi connectivity index (χ1) is 7.54. The highest BCUT2D eigenvalue weighted by Crippen LogP contribution is 2.13. The molecule has 1 aromatic rings. The minimum Gasteiger partial charge on any atom is -0.394 e. The van der Waals surface area contributed by atoms with Crippen LogP contribution in [0.4, 0.5) is 5.69 Å². The van der Waals surface area contributed by atoms with Crippen molar-refractivity contribution in [2.45, 2.75) is 18.6 Å². The largest absolute Gasteiger partial charge is 0.394 e. The zero-order valence-electron chi connectivity index (χ0n) is 8.48. The summed E-state index contributed by atoms with van der Waals surface area (Å²) in [6.45, 7) is -0.520. The first-order valence-electron chi connectivity index (χ1n) is 4.75. The van der Waals surface area contributed by atoms with Crippen molar-refractivity contribution in [2.24, 2.45) is 0 Å². The van der Waals surface area contributed by atoms with Gasteiger partial charge in [0.25, 0.3) is 5.69 Å². The van der Waals surface area contributed by atoms with E-state index < -0.39 is 23.7 Å². The molecule has 0 saturated carbocycles. The fraction of sp³-hybridized carbons (Fsp3) is 0.400. The lowest BCUT2D eigenvalue weighted by atomic mass is 10.0. The molecule has 0 aliphatic rings. The SMILES string of the molecule is O=[N+]([O-])c1ccc(CC(O)C(O)CO)cc1. The normalized spacial score (nSPS) is 14.4. The molecule has 2 unspecified atom stereocenters. The second-order valence-electron chi connectivity index (χ2n) is 3.44. The summed E-state index contributed by atoms with van der Waals surface area (Å²) in [5.41, 5.74) is 0.631. The zero-order valence-corrected chi connectivity index (χ0v) is 8.48. The number of nitro benzene ring substituents is 1. The summed E-state index contributed by atoms with van der Waals surface area (Å²) in [5.74, 6) is 0. The molecule has 16 heavy (non-hydrogen) atoms. The molecule has 2 atom stereocenters. The molecule has 0 aliphatic heterocycles. The van der Waals surface area contributed by atoms with Crippen molar-refractivity contribution >= 4 is 5.69 Å². The summed E-state index contributed by atoms with van der Waals surface area (Å²) in [4.78, 5) is 9.86. The van der Waals surface area contributed by atoms with E-state index >= 15 is 0 Å². The molecule has 88 valence electrons. The second kappa shape index (κ2) is 5.55. The molecule has 0 aromatic heterocycles. The van der Waals surface area contributed by atoms with Gasteiger partial charge in [-0.2, -0.15) is 0 Å². The monoisotopic (exact) mass is 227 g/mol. The Hall–Kier alpha value is -1.50. The van der Waals surface area contributed by atoms with E-state index in [2.05, 4.69) is 0 Å². The van der Waals surface area contributed by atoms with Crippen LogP contribution in [0.3, 0.4) is 0 Å². The van der Waals surface area contributed by atoms with Crippen molar-refractivity contribution in [3.63, 3.8) is 0 Å². The number of non-ortho nitro benzene ring substituents is 1. The third-order valence-corrected chi connectivity index (χ3v) is 2.22. The molecular formula is C10H13NO5. The van der Waals surface area contributed by atoms with E-state index in [0.717, 1.165) is 0 Å². The van der Waals surface area contributed by atoms with Crippen LogP contribution in [0.2, 0.25) is 0 Å². The second-order valence-corrected chi connectivity index (χ2v) is 3.44. The zero-order chi connectivity index (χ0) is 12.1. The Morgan fingerprint density at radius 2 is 1.75 bits per heavy atom. The van der Waals surface area contributed by atoms with Gasteiger partial charge in [-0.3, -0.25) is 10.1 Å². The van der Waals surface area contributed by atoms with Crippen molar-refractivity contribution in [3.8, 4) is 0 Å². The standard InChI is InChI=1S/C10H13NO5/c12-6-10(14)9(13)5-7-1-3-8(4-2-7)11(15)16/h1-4,9-10,12-14H,5-6H2. The Morgan fingerprint density at radius 3 is 2.19 bits per heavy atom. The molecular weight excluding hydrogens is 214 g/mol. The van der Waals surface area contributed by atoms with Crippen LogP contribution in [0, 0.1) is 10.1 Å². The fourth-order valence-electron chi connectivity index (χ4n) is 1.25. The number of aliphatic hydroxyl groups excluding tert-OH is 3. The van der Waals surface area contributed by atoms with Crippen LogP contribution in [0.1, 0.15) is 5.56 Å². The number of aliphatic hydroxyl groups is 3. The van der Waals surface area contributed by atoms with Crippen LogP contribution in [0.5, 0.6) is 0 Å². The van der Waals surface area contributed by atoms with Crippen LogP contribution in [-0.2, 0) is 6.42 Å². The number of rotatable bonds is 5. The summed E-state index contributed by atoms with van der Waals surface area (Å²) in [6, 6.07) is 5.66. The maximum atomic E-state index is 10.4. The van der Waals surface area contributed by atoms with Gasteiger partial charge in [0.1, 0.15) is 6.10 Å². The summed E-state index contributed by atoms with van der Waals surface area (Å²) in [6.07, 6.45) is -2.14. The fourth-order valence-corrected chi connectivity index (χ4v) is 1.25. The van der Waals surface area contributed by atoms with E-state index in [-0.39, 0.29) is 12.1 Å². The Labute approximate surface area is 91.9 Å². The molecule has 0 radical (unpaired) electrons. The average Bonchev–Trinajstić information content (AvgIpc) is 2.28. The molecule has 0 aliphatic carbocycles. The Kier molecular flexibility index (Phi) is 4.36. The molecule has 0 saturated heterocycles. The van der Waals surface area contributed by atoms with Crippen LogP contribution in [0.15, 0.2) is 24.3 Å². The Balaban J connectivity index is 2.65. The highest BCUT2D eigenvalue weighted by molar-refractivity contribution is 5.33. The molecule has 6 heteroatoms. The lowest BCUT2D eigenvalue weighted by molar-refractivity contribution is -0.384. The van der Waals surface area contributed by atoms with Gasteiger partial charge in [0.15, 0.2) is 0 Å². The minimum atomic E-state index is -1.20. The van der Waals surface area contributed by atoms with Crippen molar-refractivity contribution in [2.75, 3.05) is 6.61 Å². The Bertz CT molecular complexity index is 351. The van der Waals surface area contributed by atoms with Gasteiger partial charge in [-0.25, -0.2) is 0 Å². The molecule has 0 fully saturated rings. The molecule has 0 bridgehead atoms. The average molecular weight is 227 g/mol. The maximum absolute atomic E-state index is 10.4. The van der Waals surface area contributed by atoms with E-state index in [9.17, 15) is 15.2 Å². The van der Waals surface area contributed by atoms with Gasteiger partial charge in [0, 0.05) is 18.6 Å². The smallest absolute Gasteiger partial charge is 0.269 e. The van der Waals surface area contributed by atoms with Crippen LogP contribution in [-0.4, -0.2) is 39.1 Å². The topological polar surface area (TPSA) is 104 Å². The molecule has 1 aromatic carbocycles. The first-order valence-corrected chi connectivity index (χ1v) is 4.75. The summed E-state index contributed by atoms with van der Waals surface area (Å²) in [7, 11) is 0. The molecule has 0 spiro atoms. The van der Waals surface area contributed by atoms with E-state index in [1.54, 1.807) is 0 Å². The van der Waals surface area contributed by atoms with Crippen molar-refractivity contribution in [1.82, 2.24) is 0 Å². The first kappa shape index (κ1) is 12.6. The molecule has 0 heterocycles. The highest BCUT2D eigenvalue weighted by atomic mass is 16.6. The third kappa shape index (κ3) is 3.27. The summed E-state index contributed by atoms with van der Waals surface area (Å²) >= 11 is 0. The molecule has 3 N–H and O–H groups in total. The quantitative estimate of drug-likeness (QED) is 0.479. The van der Waals surface area contributed by atoms with Gasteiger partial charge in [-0.1, -0.05) is 12.1 Å².